The second-order valence-corrected chi connectivity index (χ2v) is 6.62. The highest BCUT2D eigenvalue weighted by molar-refractivity contribution is 9.10. The van der Waals surface area contributed by atoms with Gasteiger partial charge in [0.05, 0.1) is 17.7 Å². The third-order valence-electron chi connectivity index (χ3n) is 2.57. The first-order valence-corrected chi connectivity index (χ1v) is 7.92. The molecule has 106 valence electrons. The summed E-state index contributed by atoms with van der Waals surface area (Å²) in [5, 5.41) is 0. The standard InChI is InChI=1S/C13H13BrN2O3S/c1-19-13-6-5-10(15)8-12(13)16-20(17,18)11-4-2-3-9(14)7-11/h2-8,16H,15H2,1H3. The molecule has 2 rings (SSSR count). The van der Waals surface area contributed by atoms with Crippen LogP contribution in [0.5, 0.6) is 5.75 Å². The van der Waals surface area contributed by atoms with E-state index in [1.807, 2.05) is 0 Å². The van der Waals surface area contributed by atoms with E-state index in [1.165, 1.54) is 25.3 Å². The molecule has 3 N–H and O–H groups in total. The molecule has 0 saturated carbocycles. The maximum atomic E-state index is 12.3. The molecule has 7 heteroatoms. The summed E-state index contributed by atoms with van der Waals surface area (Å²) < 4.78 is 32.9. The van der Waals surface area contributed by atoms with E-state index in [-0.39, 0.29) is 4.90 Å². The summed E-state index contributed by atoms with van der Waals surface area (Å²) in [5.41, 5.74) is 6.41. The quantitative estimate of drug-likeness (QED) is 0.825. The van der Waals surface area contributed by atoms with Crippen molar-refractivity contribution in [2.75, 3.05) is 17.6 Å². The van der Waals surface area contributed by atoms with E-state index in [2.05, 4.69) is 20.7 Å². The summed E-state index contributed by atoms with van der Waals surface area (Å²) >= 11 is 3.24. The predicted molar refractivity (Wildman–Crippen MR) is 82.4 cm³/mol. The Kier molecular flexibility index (Phi) is 4.20. The third kappa shape index (κ3) is 3.23. The molecule has 0 spiro atoms. The Morgan fingerprint density at radius 1 is 1.20 bits per heavy atom. The van der Waals surface area contributed by atoms with E-state index in [9.17, 15) is 8.42 Å². The second kappa shape index (κ2) is 5.72. The first-order valence-electron chi connectivity index (χ1n) is 5.64. The van der Waals surface area contributed by atoms with Crippen molar-refractivity contribution in [2.24, 2.45) is 0 Å². The molecule has 0 aliphatic carbocycles. The van der Waals surface area contributed by atoms with Crippen molar-refractivity contribution in [2.45, 2.75) is 4.90 Å². The smallest absolute Gasteiger partial charge is 0.262 e. The third-order valence-corrected chi connectivity index (χ3v) is 4.43. The fourth-order valence-electron chi connectivity index (χ4n) is 1.64. The lowest BCUT2D eigenvalue weighted by Gasteiger charge is -2.12. The van der Waals surface area contributed by atoms with Gasteiger partial charge in [0.2, 0.25) is 0 Å². The minimum atomic E-state index is -3.70. The highest BCUT2D eigenvalue weighted by atomic mass is 79.9. The van der Waals surface area contributed by atoms with Crippen molar-refractivity contribution >= 4 is 37.3 Å². The Morgan fingerprint density at radius 2 is 1.95 bits per heavy atom. The van der Waals surface area contributed by atoms with Gasteiger partial charge in [-0.3, -0.25) is 4.72 Å². The highest BCUT2D eigenvalue weighted by Crippen LogP contribution is 2.29. The average molecular weight is 357 g/mol. The van der Waals surface area contributed by atoms with Crippen molar-refractivity contribution in [1.82, 2.24) is 0 Å². The number of methoxy groups -OCH3 is 1. The number of hydrogen-bond acceptors (Lipinski definition) is 4. The van der Waals surface area contributed by atoms with Gasteiger partial charge in [0.1, 0.15) is 5.75 Å². The van der Waals surface area contributed by atoms with Crippen molar-refractivity contribution in [3.8, 4) is 5.75 Å². The zero-order chi connectivity index (χ0) is 14.8. The zero-order valence-electron chi connectivity index (χ0n) is 10.6. The first kappa shape index (κ1) is 14.7. The van der Waals surface area contributed by atoms with Crippen LogP contribution >= 0.6 is 15.9 Å². The SMILES string of the molecule is COc1ccc(N)cc1NS(=O)(=O)c1cccc(Br)c1. The van der Waals surface area contributed by atoms with Gasteiger partial charge in [-0.05, 0) is 36.4 Å². The number of nitrogens with one attached hydrogen (secondary N) is 1. The Balaban J connectivity index is 2.40. The van der Waals surface area contributed by atoms with Crippen LogP contribution in [0.1, 0.15) is 0 Å². The van der Waals surface area contributed by atoms with Crippen LogP contribution < -0.4 is 15.2 Å². The van der Waals surface area contributed by atoms with Crippen LogP contribution in [0.2, 0.25) is 0 Å². The zero-order valence-corrected chi connectivity index (χ0v) is 13.0. The first-order chi connectivity index (χ1) is 9.42. The fourth-order valence-corrected chi connectivity index (χ4v) is 3.30. The van der Waals surface area contributed by atoms with Gasteiger partial charge in [-0.2, -0.15) is 0 Å². The molecule has 0 aromatic heterocycles. The maximum absolute atomic E-state index is 12.3. The lowest BCUT2D eigenvalue weighted by molar-refractivity contribution is 0.417. The number of halogens is 1. The lowest BCUT2D eigenvalue weighted by atomic mass is 10.2. The summed E-state index contributed by atoms with van der Waals surface area (Å²) in [5.74, 6) is 0.401. The van der Waals surface area contributed by atoms with E-state index in [0.29, 0.717) is 21.6 Å². The molecule has 2 aromatic carbocycles. The van der Waals surface area contributed by atoms with Crippen molar-refractivity contribution < 1.29 is 13.2 Å². The van der Waals surface area contributed by atoms with Gasteiger partial charge in [0, 0.05) is 10.2 Å². The van der Waals surface area contributed by atoms with Crippen LogP contribution in [0.25, 0.3) is 0 Å². The molecule has 0 saturated heterocycles. The van der Waals surface area contributed by atoms with E-state index >= 15 is 0 Å². The molecule has 2 aromatic rings. The number of ether oxygens (including phenoxy) is 1. The number of rotatable bonds is 4. The van der Waals surface area contributed by atoms with Gasteiger partial charge < -0.3 is 10.5 Å². The van der Waals surface area contributed by atoms with Crippen molar-refractivity contribution in [3.63, 3.8) is 0 Å². The molecule has 0 aliphatic rings. The minimum absolute atomic E-state index is 0.149. The number of nitrogens with two attached hydrogens (primary N) is 1. The van der Waals surface area contributed by atoms with Gasteiger partial charge in [0.15, 0.2) is 0 Å². The van der Waals surface area contributed by atoms with Gasteiger partial charge in [-0.1, -0.05) is 22.0 Å². The number of hydrogen-bond donors (Lipinski definition) is 2. The van der Waals surface area contributed by atoms with E-state index in [1.54, 1.807) is 24.3 Å². The molecule has 0 amide bonds. The molecule has 20 heavy (non-hydrogen) atoms. The summed E-state index contributed by atoms with van der Waals surface area (Å²) in [6, 6.07) is 11.2. The molecule has 5 nitrogen and oxygen atoms in total. The van der Waals surface area contributed by atoms with Crippen molar-refractivity contribution in [1.29, 1.82) is 0 Å². The van der Waals surface area contributed by atoms with E-state index in [0.717, 1.165) is 0 Å². The molecule has 0 unspecified atom stereocenters. The molecule has 0 bridgehead atoms. The molecule has 0 aliphatic heterocycles. The van der Waals surface area contributed by atoms with Crippen LogP contribution in [0.4, 0.5) is 11.4 Å². The molecule has 0 heterocycles. The molecular weight excluding hydrogens is 344 g/mol. The molecule has 0 fully saturated rings. The number of nitrogen functional groups attached to an aromatic ring is 1. The van der Waals surface area contributed by atoms with Gasteiger partial charge in [-0.25, -0.2) is 8.42 Å². The lowest BCUT2D eigenvalue weighted by Crippen LogP contribution is -2.13. The second-order valence-electron chi connectivity index (χ2n) is 4.02. The van der Waals surface area contributed by atoms with Gasteiger partial charge in [-0.15, -0.1) is 0 Å². The van der Waals surface area contributed by atoms with Crippen LogP contribution in [0.15, 0.2) is 51.8 Å². The fraction of sp³-hybridized carbons (Fsp3) is 0.0769. The monoisotopic (exact) mass is 356 g/mol. The van der Waals surface area contributed by atoms with E-state index in [4.69, 9.17) is 10.5 Å². The van der Waals surface area contributed by atoms with Crippen LogP contribution in [-0.4, -0.2) is 15.5 Å². The molecule has 0 radical (unpaired) electrons. The van der Waals surface area contributed by atoms with Crippen LogP contribution in [0.3, 0.4) is 0 Å². The Bertz CT molecular complexity index is 732. The predicted octanol–water partition coefficient (Wildman–Crippen LogP) is 2.84. The van der Waals surface area contributed by atoms with Gasteiger partial charge >= 0.3 is 0 Å². The topological polar surface area (TPSA) is 81.4 Å². The average Bonchev–Trinajstić information content (AvgIpc) is 2.38. The summed E-state index contributed by atoms with van der Waals surface area (Å²) in [7, 11) is -2.24. The Labute approximate surface area is 125 Å². The molecule has 0 atom stereocenters. The number of anilines is 2. The number of benzene rings is 2. The highest BCUT2D eigenvalue weighted by Gasteiger charge is 2.16. The van der Waals surface area contributed by atoms with E-state index < -0.39 is 10.0 Å². The van der Waals surface area contributed by atoms with Crippen molar-refractivity contribution in [3.05, 3.63) is 46.9 Å². The number of sulfonamides is 1. The Hall–Kier alpha value is -1.73. The Morgan fingerprint density at radius 3 is 2.60 bits per heavy atom. The van der Waals surface area contributed by atoms with Gasteiger partial charge in [0.25, 0.3) is 10.0 Å². The largest absolute Gasteiger partial charge is 0.495 e. The summed E-state index contributed by atoms with van der Waals surface area (Å²) in [4.78, 5) is 0.149. The van der Waals surface area contributed by atoms with Crippen LogP contribution in [-0.2, 0) is 10.0 Å². The minimum Gasteiger partial charge on any atom is -0.495 e. The normalized spacial score (nSPS) is 11.1. The van der Waals surface area contributed by atoms with Crippen LogP contribution in [0, 0.1) is 0 Å². The summed E-state index contributed by atoms with van der Waals surface area (Å²) in [6.07, 6.45) is 0. The molecular formula is C13H13BrN2O3S. The maximum Gasteiger partial charge on any atom is 0.262 e. The summed E-state index contributed by atoms with van der Waals surface area (Å²) in [6.45, 7) is 0.